The average Bonchev–Trinajstić information content (AvgIpc) is 2.67. The molecular weight excluding hydrogens is 196 g/mol. The van der Waals surface area contributed by atoms with Gasteiger partial charge < -0.3 is 0 Å². The number of rotatable bonds is 2. The van der Waals surface area contributed by atoms with Gasteiger partial charge >= 0.3 is 0 Å². The number of thiophene rings is 1. The highest BCUT2D eigenvalue weighted by Gasteiger charge is 2.02. The lowest BCUT2D eigenvalue weighted by Crippen LogP contribution is -1.77. The molecule has 2 heteroatoms. The molecule has 0 nitrogen and oxygen atoms in total. The lowest BCUT2D eigenvalue weighted by atomic mass is 10.1. The predicted octanol–water partition coefficient (Wildman–Crippen LogP) is 3.76. The van der Waals surface area contributed by atoms with Crippen molar-refractivity contribution in [2.45, 2.75) is 0 Å². The summed E-state index contributed by atoms with van der Waals surface area (Å²) in [7, 11) is 0. The van der Waals surface area contributed by atoms with Crippen LogP contribution < -0.4 is 0 Å². The van der Waals surface area contributed by atoms with E-state index >= 15 is 0 Å². The van der Waals surface area contributed by atoms with Crippen LogP contribution in [-0.4, -0.2) is 5.37 Å². The van der Waals surface area contributed by atoms with Crippen LogP contribution in [0.4, 0.5) is 0 Å². The van der Waals surface area contributed by atoms with Crippen molar-refractivity contribution in [3.05, 3.63) is 46.7 Å². The van der Waals surface area contributed by atoms with E-state index in [1.807, 2.05) is 18.2 Å². The van der Waals surface area contributed by atoms with E-state index < -0.39 is 0 Å². The molecule has 13 heavy (non-hydrogen) atoms. The van der Waals surface area contributed by atoms with Gasteiger partial charge in [-0.3, -0.25) is 0 Å². The van der Waals surface area contributed by atoms with E-state index in [2.05, 4.69) is 23.6 Å². The summed E-state index contributed by atoms with van der Waals surface area (Å²) in [6.45, 7) is 0. The van der Waals surface area contributed by atoms with Gasteiger partial charge in [-0.05, 0) is 17.0 Å². The monoisotopic (exact) mass is 204 g/mol. The maximum atomic E-state index is 4.95. The van der Waals surface area contributed by atoms with Crippen LogP contribution in [0, 0.1) is 0 Å². The van der Waals surface area contributed by atoms with Gasteiger partial charge in [0, 0.05) is 15.8 Å². The minimum absolute atomic E-state index is 1.17. The van der Waals surface area contributed by atoms with Crippen LogP contribution in [0.2, 0.25) is 0 Å². The maximum absolute atomic E-state index is 4.95. The summed E-state index contributed by atoms with van der Waals surface area (Å²) in [5, 5.41) is 3.81. The molecule has 0 fully saturated rings. The Morgan fingerprint density at radius 3 is 2.54 bits per heavy atom. The Bertz CT molecular complexity index is 401. The summed E-state index contributed by atoms with van der Waals surface area (Å²) < 4.78 is 0. The van der Waals surface area contributed by atoms with Crippen molar-refractivity contribution in [2.24, 2.45) is 0 Å². The third-order valence-electron chi connectivity index (χ3n) is 1.89. The third kappa shape index (κ3) is 1.69. The summed E-state index contributed by atoms with van der Waals surface area (Å²) in [4.78, 5) is 1.17. The first kappa shape index (κ1) is 8.60. The van der Waals surface area contributed by atoms with E-state index in [0.717, 1.165) is 0 Å². The van der Waals surface area contributed by atoms with Crippen LogP contribution in [0.5, 0.6) is 0 Å². The SMILES string of the molecule is S=Cc1sccc1-c1ccccc1. The molecular formula is C11H8S2. The van der Waals surface area contributed by atoms with Gasteiger partial charge in [0.05, 0.1) is 0 Å². The van der Waals surface area contributed by atoms with E-state index in [1.165, 1.54) is 16.0 Å². The zero-order chi connectivity index (χ0) is 9.10. The molecule has 0 spiro atoms. The molecule has 0 atom stereocenters. The molecule has 0 N–H and O–H groups in total. The molecule has 0 radical (unpaired) electrons. The van der Waals surface area contributed by atoms with E-state index in [4.69, 9.17) is 12.2 Å². The number of hydrogen-bond acceptors (Lipinski definition) is 2. The largest absolute Gasteiger partial charge is 0.143 e. The van der Waals surface area contributed by atoms with Gasteiger partial charge in [-0.25, -0.2) is 0 Å². The van der Waals surface area contributed by atoms with Crippen LogP contribution in [0.25, 0.3) is 11.1 Å². The summed E-state index contributed by atoms with van der Waals surface area (Å²) in [6.07, 6.45) is 0. The Morgan fingerprint density at radius 2 is 1.85 bits per heavy atom. The molecule has 0 saturated carbocycles. The second-order valence-corrected chi connectivity index (χ2v) is 3.87. The quantitative estimate of drug-likeness (QED) is 0.671. The van der Waals surface area contributed by atoms with E-state index in [-0.39, 0.29) is 0 Å². The van der Waals surface area contributed by atoms with Gasteiger partial charge in [0.15, 0.2) is 0 Å². The minimum atomic E-state index is 1.17. The molecule has 0 bridgehead atoms. The Morgan fingerprint density at radius 1 is 1.08 bits per heavy atom. The summed E-state index contributed by atoms with van der Waals surface area (Å²) in [6, 6.07) is 12.4. The van der Waals surface area contributed by atoms with Crippen LogP contribution in [0.3, 0.4) is 0 Å². The maximum Gasteiger partial charge on any atom is 0.0456 e. The smallest absolute Gasteiger partial charge is 0.0456 e. The van der Waals surface area contributed by atoms with Gasteiger partial charge in [0.1, 0.15) is 0 Å². The fourth-order valence-electron chi connectivity index (χ4n) is 1.27. The van der Waals surface area contributed by atoms with Crippen LogP contribution in [-0.2, 0) is 0 Å². The Kier molecular flexibility index (Phi) is 2.52. The first-order valence-corrected chi connectivity index (χ1v) is 5.35. The Balaban J connectivity index is 2.52. The molecule has 0 aliphatic rings. The van der Waals surface area contributed by atoms with Crippen molar-refractivity contribution >= 4 is 28.9 Å². The number of hydrogen-bond donors (Lipinski definition) is 0. The lowest BCUT2D eigenvalue weighted by molar-refractivity contribution is 1.67. The van der Waals surface area contributed by atoms with Crippen LogP contribution in [0.1, 0.15) is 4.88 Å². The van der Waals surface area contributed by atoms with E-state index in [1.54, 1.807) is 16.7 Å². The van der Waals surface area contributed by atoms with Gasteiger partial charge in [-0.15, -0.1) is 11.3 Å². The topological polar surface area (TPSA) is 0 Å². The van der Waals surface area contributed by atoms with Crippen molar-refractivity contribution < 1.29 is 0 Å². The van der Waals surface area contributed by atoms with Gasteiger partial charge in [0.25, 0.3) is 0 Å². The van der Waals surface area contributed by atoms with Crippen molar-refractivity contribution in [3.8, 4) is 11.1 Å². The third-order valence-corrected chi connectivity index (χ3v) is 3.14. The number of thiocarbonyl (C=S) groups is 1. The number of benzene rings is 1. The Labute approximate surface area is 86.9 Å². The molecule has 64 valence electrons. The van der Waals surface area contributed by atoms with Crippen molar-refractivity contribution in [1.82, 2.24) is 0 Å². The summed E-state index contributed by atoms with van der Waals surface area (Å²) in [5.41, 5.74) is 2.47. The van der Waals surface area contributed by atoms with Gasteiger partial charge in [-0.2, -0.15) is 0 Å². The zero-order valence-corrected chi connectivity index (χ0v) is 8.57. The molecule has 0 aliphatic heterocycles. The molecule has 0 amide bonds. The molecule has 1 aromatic heterocycles. The lowest BCUT2D eigenvalue weighted by Gasteiger charge is -1.98. The van der Waals surface area contributed by atoms with Crippen LogP contribution in [0.15, 0.2) is 41.8 Å². The molecule has 0 unspecified atom stereocenters. The summed E-state index contributed by atoms with van der Waals surface area (Å²) >= 11 is 6.63. The van der Waals surface area contributed by atoms with Crippen LogP contribution >= 0.6 is 23.6 Å². The van der Waals surface area contributed by atoms with Crippen molar-refractivity contribution in [2.75, 3.05) is 0 Å². The first-order valence-electron chi connectivity index (χ1n) is 4.00. The average molecular weight is 204 g/mol. The highest BCUT2D eigenvalue weighted by Crippen LogP contribution is 2.26. The molecule has 1 heterocycles. The van der Waals surface area contributed by atoms with E-state index in [0.29, 0.717) is 0 Å². The molecule has 0 aliphatic carbocycles. The molecule has 2 rings (SSSR count). The second kappa shape index (κ2) is 3.81. The molecule has 1 aromatic carbocycles. The standard InChI is InChI=1S/C11H8S2/c12-8-11-10(6-7-13-11)9-4-2-1-3-5-9/h1-8H. The first-order chi connectivity index (χ1) is 6.42. The fraction of sp³-hybridized carbons (Fsp3) is 0. The van der Waals surface area contributed by atoms with Gasteiger partial charge in [0.2, 0.25) is 0 Å². The summed E-state index contributed by atoms with van der Waals surface area (Å²) in [5.74, 6) is 0. The van der Waals surface area contributed by atoms with Crippen molar-refractivity contribution in [3.63, 3.8) is 0 Å². The Hall–Kier alpha value is -0.990. The zero-order valence-electron chi connectivity index (χ0n) is 6.94. The fourth-order valence-corrected chi connectivity index (χ4v) is 2.28. The minimum Gasteiger partial charge on any atom is -0.143 e. The second-order valence-electron chi connectivity index (χ2n) is 2.68. The molecule has 2 aromatic rings. The normalized spacial score (nSPS) is 9.85. The van der Waals surface area contributed by atoms with Gasteiger partial charge in [-0.1, -0.05) is 42.5 Å². The predicted molar refractivity (Wildman–Crippen MR) is 62.5 cm³/mol. The highest BCUT2D eigenvalue weighted by atomic mass is 32.1. The highest BCUT2D eigenvalue weighted by molar-refractivity contribution is 7.79. The van der Waals surface area contributed by atoms with E-state index in [9.17, 15) is 0 Å². The molecule has 0 saturated heterocycles. The van der Waals surface area contributed by atoms with Crippen molar-refractivity contribution in [1.29, 1.82) is 0 Å².